The highest BCUT2D eigenvalue weighted by Gasteiger charge is 2.10. The van der Waals surface area contributed by atoms with E-state index in [-0.39, 0.29) is 18.3 Å². The van der Waals surface area contributed by atoms with E-state index >= 15 is 0 Å². The highest BCUT2D eigenvalue weighted by molar-refractivity contribution is 5.98. The van der Waals surface area contributed by atoms with Gasteiger partial charge in [0.1, 0.15) is 6.54 Å². The summed E-state index contributed by atoms with van der Waals surface area (Å²) in [5.74, 6) is -0.687. The van der Waals surface area contributed by atoms with Crippen molar-refractivity contribution in [3.8, 4) is 0 Å². The quantitative estimate of drug-likeness (QED) is 0.612. The van der Waals surface area contributed by atoms with Crippen LogP contribution in [0.4, 0.5) is 11.5 Å². The summed E-state index contributed by atoms with van der Waals surface area (Å²) in [7, 11) is 0. The predicted octanol–water partition coefficient (Wildman–Crippen LogP) is -0.0665. The van der Waals surface area contributed by atoms with Crippen LogP contribution in [0.25, 0.3) is 11.1 Å². The van der Waals surface area contributed by atoms with Gasteiger partial charge >= 0.3 is 5.76 Å². The molecule has 0 spiro atoms. The molecule has 0 bridgehead atoms. The summed E-state index contributed by atoms with van der Waals surface area (Å²) in [6, 6.07) is 5.00. The number of benzene rings is 1. The molecule has 20 heavy (non-hydrogen) atoms. The van der Waals surface area contributed by atoms with Crippen molar-refractivity contribution in [1.82, 2.24) is 20.0 Å². The van der Waals surface area contributed by atoms with E-state index in [0.717, 1.165) is 0 Å². The fourth-order valence-corrected chi connectivity index (χ4v) is 1.80. The number of carbonyl (C=O) groups is 1. The summed E-state index contributed by atoms with van der Waals surface area (Å²) in [5.41, 5.74) is 6.61. The van der Waals surface area contributed by atoms with Gasteiger partial charge in [0, 0.05) is 0 Å². The minimum atomic E-state index is -0.578. The number of anilines is 2. The van der Waals surface area contributed by atoms with Crippen molar-refractivity contribution in [2.75, 3.05) is 11.1 Å². The van der Waals surface area contributed by atoms with Gasteiger partial charge in [-0.15, -0.1) is 5.10 Å². The Morgan fingerprint density at radius 1 is 1.50 bits per heavy atom. The van der Waals surface area contributed by atoms with Crippen LogP contribution in [-0.4, -0.2) is 25.9 Å². The molecule has 1 amide bonds. The number of carbonyl (C=O) groups excluding carboxylic acids is 1. The summed E-state index contributed by atoms with van der Waals surface area (Å²) < 4.78 is 6.28. The fraction of sp³-hybridized carbons (Fsp3) is 0.0909. The van der Waals surface area contributed by atoms with Crippen LogP contribution in [-0.2, 0) is 11.3 Å². The molecule has 2 aromatic heterocycles. The molecule has 102 valence electrons. The third-order valence-corrected chi connectivity index (χ3v) is 2.58. The number of aromatic amines is 1. The van der Waals surface area contributed by atoms with Gasteiger partial charge in [-0.3, -0.25) is 9.78 Å². The van der Waals surface area contributed by atoms with E-state index in [4.69, 9.17) is 10.2 Å². The molecule has 4 N–H and O–H groups in total. The second-order valence-corrected chi connectivity index (χ2v) is 4.09. The number of nitrogens with two attached hydrogens (primary N) is 1. The third-order valence-electron chi connectivity index (χ3n) is 2.58. The molecule has 3 aromatic rings. The van der Waals surface area contributed by atoms with Gasteiger partial charge in [0.2, 0.25) is 5.91 Å². The number of nitrogen functional groups attached to an aromatic ring is 1. The van der Waals surface area contributed by atoms with E-state index in [1.165, 1.54) is 10.9 Å². The maximum atomic E-state index is 11.9. The molecular weight excluding hydrogens is 264 g/mol. The molecule has 0 saturated carbocycles. The Bertz CT molecular complexity index is 830. The number of nitrogens with one attached hydrogen (secondary N) is 2. The summed E-state index contributed by atoms with van der Waals surface area (Å²) in [6.45, 7) is -0.0464. The lowest BCUT2D eigenvalue weighted by Crippen LogP contribution is -2.19. The van der Waals surface area contributed by atoms with Crippen LogP contribution in [0.1, 0.15) is 0 Å². The minimum absolute atomic E-state index is 0.0464. The first-order valence-electron chi connectivity index (χ1n) is 5.69. The molecule has 0 unspecified atom stereocenters. The van der Waals surface area contributed by atoms with E-state index in [0.29, 0.717) is 16.8 Å². The first kappa shape index (κ1) is 12.0. The van der Waals surface area contributed by atoms with Crippen LogP contribution in [0, 0.1) is 0 Å². The van der Waals surface area contributed by atoms with Gasteiger partial charge < -0.3 is 15.5 Å². The molecule has 0 aliphatic rings. The van der Waals surface area contributed by atoms with Crippen LogP contribution in [0.5, 0.6) is 0 Å². The first-order valence-corrected chi connectivity index (χ1v) is 5.69. The summed E-state index contributed by atoms with van der Waals surface area (Å²) >= 11 is 0. The Kier molecular flexibility index (Phi) is 2.71. The number of oxazole rings is 1. The number of H-pyrrole nitrogens is 1. The fourth-order valence-electron chi connectivity index (χ4n) is 1.80. The summed E-state index contributed by atoms with van der Waals surface area (Å²) in [6.07, 6.45) is 1.44. The third kappa shape index (κ3) is 2.23. The first-order chi connectivity index (χ1) is 9.61. The average Bonchev–Trinajstić information content (AvgIpc) is 2.95. The number of fused-ring (bicyclic) bond motifs is 1. The van der Waals surface area contributed by atoms with Crippen LogP contribution in [0.3, 0.4) is 0 Å². The SMILES string of the molecule is Nc1cn(CC(=O)Nc2cccc3[nH]c(=O)oc23)nn1. The van der Waals surface area contributed by atoms with Gasteiger partial charge in [-0.05, 0) is 12.1 Å². The van der Waals surface area contributed by atoms with Gasteiger partial charge in [0.05, 0.1) is 17.4 Å². The highest BCUT2D eigenvalue weighted by atomic mass is 16.4. The Balaban J connectivity index is 1.82. The molecule has 0 atom stereocenters. The zero-order valence-electron chi connectivity index (χ0n) is 10.2. The van der Waals surface area contributed by atoms with Gasteiger partial charge in [-0.2, -0.15) is 0 Å². The van der Waals surface area contributed by atoms with E-state index in [1.807, 2.05) is 0 Å². The molecule has 1 aromatic carbocycles. The normalized spacial score (nSPS) is 10.8. The molecule has 2 heterocycles. The number of amides is 1. The lowest BCUT2D eigenvalue weighted by atomic mass is 10.3. The van der Waals surface area contributed by atoms with Crippen LogP contribution in [0.15, 0.2) is 33.6 Å². The lowest BCUT2D eigenvalue weighted by molar-refractivity contribution is -0.116. The number of aromatic nitrogens is 4. The van der Waals surface area contributed by atoms with E-state index in [2.05, 4.69) is 20.6 Å². The molecule has 0 fully saturated rings. The Morgan fingerprint density at radius 3 is 3.10 bits per heavy atom. The molecule has 0 aliphatic carbocycles. The number of hydrogen-bond acceptors (Lipinski definition) is 6. The molecule has 9 heteroatoms. The largest absolute Gasteiger partial charge is 0.417 e. The highest BCUT2D eigenvalue weighted by Crippen LogP contribution is 2.20. The van der Waals surface area contributed by atoms with Gasteiger partial charge in [-0.1, -0.05) is 11.3 Å². The maximum absolute atomic E-state index is 11.9. The lowest BCUT2D eigenvalue weighted by Gasteiger charge is -2.04. The van der Waals surface area contributed by atoms with Crippen molar-refractivity contribution in [3.63, 3.8) is 0 Å². The van der Waals surface area contributed by atoms with E-state index < -0.39 is 5.76 Å². The standard InChI is InChI=1S/C11H10N6O3/c12-8-4-17(16-15-8)5-9(18)13-6-2-1-3-7-10(6)20-11(19)14-7/h1-4H,5,12H2,(H,13,18)(H,14,19). The maximum Gasteiger partial charge on any atom is 0.417 e. The van der Waals surface area contributed by atoms with E-state index in [1.54, 1.807) is 18.2 Å². The van der Waals surface area contributed by atoms with Crippen molar-refractivity contribution in [3.05, 3.63) is 34.9 Å². The molecule has 3 rings (SSSR count). The molecule has 0 radical (unpaired) electrons. The molecule has 0 saturated heterocycles. The number of rotatable bonds is 3. The zero-order chi connectivity index (χ0) is 14.1. The Labute approximate surface area is 111 Å². The zero-order valence-corrected chi connectivity index (χ0v) is 10.2. The molecule has 9 nitrogen and oxygen atoms in total. The van der Waals surface area contributed by atoms with Gasteiger partial charge in [0.15, 0.2) is 11.4 Å². The smallest absolute Gasteiger partial charge is 0.406 e. The topological polar surface area (TPSA) is 132 Å². The average molecular weight is 274 g/mol. The molecular formula is C11H10N6O3. The Hall–Kier alpha value is -3.10. The minimum Gasteiger partial charge on any atom is -0.406 e. The van der Waals surface area contributed by atoms with E-state index in [9.17, 15) is 9.59 Å². The van der Waals surface area contributed by atoms with Crippen LogP contribution < -0.4 is 16.8 Å². The van der Waals surface area contributed by atoms with Gasteiger partial charge in [-0.25, -0.2) is 9.48 Å². The Morgan fingerprint density at radius 2 is 2.35 bits per heavy atom. The summed E-state index contributed by atoms with van der Waals surface area (Å²) in [5, 5.41) is 9.88. The second-order valence-electron chi connectivity index (χ2n) is 4.09. The van der Waals surface area contributed by atoms with Crippen molar-refractivity contribution in [1.29, 1.82) is 0 Å². The van der Waals surface area contributed by atoms with Crippen molar-refractivity contribution in [2.45, 2.75) is 6.54 Å². The molecule has 0 aliphatic heterocycles. The summed E-state index contributed by atoms with van der Waals surface area (Å²) in [4.78, 5) is 25.5. The number of hydrogen-bond donors (Lipinski definition) is 3. The predicted molar refractivity (Wildman–Crippen MR) is 69.9 cm³/mol. The number of nitrogens with zero attached hydrogens (tertiary/aromatic N) is 3. The van der Waals surface area contributed by atoms with Gasteiger partial charge in [0.25, 0.3) is 0 Å². The van der Waals surface area contributed by atoms with Crippen molar-refractivity contribution < 1.29 is 9.21 Å². The number of para-hydroxylation sites is 1. The van der Waals surface area contributed by atoms with Crippen molar-refractivity contribution in [2.24, 2.45) is 0 Å². The van der Waals surface area contributed by atoms with Crippen molar-refractivity contribution >= 4 is 28.5 Å². The monoisotopic (exact) mass is 274 g/mol. The second kappa shape index (κ2) is 4.53. The van der Waals surface area contributed by atoms with Crippen LogP contribution >= 0.6 is 0 Å². The van der Waals surface area contributed by atoms with Crippen LogP contribution in [0.2, 0.25) is 0 Å².